The standard InChI is InChI=1S/C19H30N6O2S.HI/c1-13-16(28-12-23-13)17(26)21-8-9-22-19(20-2)24-15-7-10-25(11-15)18(27)14-5-3-4-6-14;/h12,14-15H,3-11H2,1-2H3,(H,21,26)(H2,20,22,24);1H. The molecule has 2 fully saturated rings. The Labute approximate surface area is 193 Å². The zero-order chi connectivity index (χ0) is 19.9. The van der Waals surface area contributed by atoms with Gasteiger partial charge < -0.3 is 20.9 Å². The van der Waals surface area contributed by atoms with Crippen molar-refractivity contribution in [2.24, 2.45) is 10.9 Å². The summed E-state index contributed by atoms with van der Waals surface area (Å²) in [4.78, 5) is 35.6. The molecular formula is C19H31IN6O2S. The molecule has 2 amide bonds. The number of aromatic nitrogens is 1. The van der Waals surface area contributed by atoms with Crippen molar-refractivity contribution in [2.75, 3.05) is 33.2 Å². The van der Waals surface area contributed by atoms with E-state index in [1.165, 1.54) is 24.2 Å². The van der Waals surface area contributed by atoms with E-state index in [1.807, 2.05) is 11.8 Å². The first-order chi connectivity index (χ1) is 13.6. The highest BCUT2D eigenvalue weighted by molar-refractivity contribution is 14.0. The van der Waals surface area contributed by atoms with Gasteiger partial charge in [-0.3, -0.25) is 14.6 Å². The van der Waals surface area contributed by atoms with E-state index in [0.29, 0.717) is 29.8 Å². The topological polar surface area (TPSA) is 98.7 Å². The zero-order valence-corrected chi connectivity index (χ0v) is 20.2. The van der Waals surface area contributed by atoms with Crippen LogP contribution in [0.4, 0.5) is 0 Å². The molecule has 3 N–H and O–H groups in total. The third-order valence-corrected chi connectivity index (χ3v) is 6.35. The van der Waals surface area contributed by atoms with E-state index in [2.05, 4.69) is 25.9 Å². The van der Waals surface area contributed by atoms with Crippen molar-refractivity contribution in [3.63, 3.8) is 0 Å². The van der Waals surface area contributed by atoms with E-state index >= 15 is 0 Å². The monoisotopic (exact) mass is 534 g/mol. The van der Waals surface area contributed by atoms with Gasteiger partial charge in [-0.05, 0) is 26.2 Å². The second-order valence-electron chi connectivity index (χ2n) is 7.42. The quantitative estimate of drug-likeness (QED) is 0.224. The second-order valence-corrected chi connectivity index (χ2v) is 8.27. The van der Waals surface area contributed by atoms with Gasteiger partial charge in [0.2, 0.25) is 5.91 Å². The fraction of sp³-hybridized carbons (Fsp3) is 0.684. The van der Waals surface area contributed by atoms with Gasteiger partial charge in [0.15, 0.2) is 5.96 Å². The Morgan fingerprint density at radius 2 is 1.97 bits per heavy atom. The van der Waals surface area contributed by atoms with Crippen LogP contribution in [0.5, 0.6) is 0 Å². The fourth-order valence-corrected chi connectivity index (χ4v) is 4.57. The molecule has 0 bridgehead atoms. The van der Waals surface area contributed by atoms with Crippen molar-refractivity contribution in [3.8, 4) is 0 Å². The number of aliphatic imine (C=N–C) groups is 1. The van der Waals surface area contributed by atoms with Crippen LogP contribution in [-0.4, -0.2) is 66.9 Å². The van der Waals surface area contributed by atoms with Crippen molar-refractivity contribution in [1.29, 1.82) is 0 Å². The van der Waals surface area contributed by atoms with Crippen LogP contribution in [-0.2, 0) is 4.79 Å². The maximum Gasteiger partial charge on any atom is 0.263 e. The van der Waals surface area contributed by atoms with Gasteiger partial charge in [-0.25, -0.2) is 4.98 Å². The Morgan fingerprint density at radius 3 is 2.62 bits per heavy atom. The minimum absolute atomic E-state index is 0. The Balaban J connectivity index is 0.00000300. The summed E-state index contributed by atoms with van der Waals surface area (Å²) in [6.07, 6.45) is 5.39. The number of guanidine groups is 1. The van der Waals surface area contributed by atoms with E-state index in [4.69, 9.17) is 0 Å². The summed E-state index contributed by atoms with van der Waals surface area (Å²) in [7, 11) is 1.73. The van der Waals surface area contributed by atoms with Gasteiger partial charge in [-0.1, -0.05) is 12.8 Å². The molecule has 1 aliphatic carbocycles. The molecule has 10 heteroatoms. The number of aryl methyl sites for hydroxylation is 1. The summed E-state index contributed by atoms with van der Waals surface area (Å²) in [5, 5.41) is 9.49. The van der Waals surface area contributed by atoms with Gasteiger partial charge in [0, 0.05) is 45.2 Å². The van der Waals surface area contributed by atoms with E-state index in [9.17, 15) is 9.59 Å². The van der Waals surface area contributed by atoms with Crippen molar-refractivity contribution in [1.82, 2.24) is 25.8 Å². The number of rotatable bonds is 6. The van der Waals surface area contributed by atoms with E-state index in [-0.39, 0.29) is 41.8 Å². The molecular weight excluding hydrogens is 503 g/mol. The van der Waals surface area contributed by atoms with Crippen LogP contribution in [0.15, 0.2) is 10.5 Å². The number of amides is 2. The Kier molecular flexibility index (Phi) is 9.60. The molecule has 0 spiro atoms. The summed E-state index contributed by atoms with van der Waals surface area (Å²) in [5.74, 6) is 1.16. The maximum atomic E-state index is 12.6. The van der Waals surface area contributed by atoms with Gasteiger partial charge >= 0.3 is 0 Å². The summed E-state index contributed by atoms with van der Waals surface area (Å²) >= 11 is 1.35. The van der Waals surface area contributed by atoms with Crippen LogP contribution in [0.25, 0.3) is 0 Å². The molecule has 1 aromatic rings. The van der Waals surface area contributed by atoms with Gasteiger partial charge in [0.05, 0.1) is 11.2 Å². The number of halogens is 1. The van der Waals surface area contributed by atoms with Crippen molar-refractivity contribution >= 4 is 53.1 Å². The summed E-state index contributed by atoms with van der Waals surface area (Å²) in [6.45, 7) is 4.44. The van der Waals surface area contributed by atoms with Crippen molar-refractivity contribution in [3.05, 3.63) is 16.1 Å². The van der Waals surface area contributed by atoms with E-state index in [1.54, 1.807) is 12.6 Å². The normalized spacial score (nSPS) is 19.7. The number of thiazole rings is 1. The third-order valence-electron chi connectivity index (χ3n) is 5.42. The first kappa shape index (κ1) is 23.8. The average molecular weight is 534 g/mol. The van der Waals surface area contributed by atoms with Crippen LogP contribution < -0.4 is 16.0 Å². The molecule has 0 radical (unpaired) electrons. The number of carbonyl (C=O) groups excluding carboxylic acids is 2. The maximum absolute atomic E-state index is 12.6. The first-order valence-electron chi connectivity index (χ1n) is 10.0. The molecule has 1 atom stereocenters. The van der Waals surface area contributed by atoms with E-state index < -0.39 is 0 Å². The molecule has 1 saturated carbocycles. The lowest BCUT2D eigenvalue weighted by Gasteiger charge is -2.21. The van der Waals surface area contributed by atoms with Crippen LogP contribution in [0.3, 0.4) is 0 Å². The highest BCUT2D eigenvalue weighted by Gasteiger charge is 2.32. The largest absolute Gasteiger partial charge is 0.355 e. The molecule has 1 saturated heterocycles. The summed E-state index contributed by atoms with van der Waals surface area (Å²) < 4.78 is 0. The lowest BCUT2D eigenvalue weighted by atomic mass is 10.1. The van der Waals surface area contributed by atoms with E-state index in [0.717, 1.165) is 38.0 Å². The van der Waals surface area contributed by atoms with Crippen molar-refractivity contribution < 1.29 is 9.59 Å². The minimum Gasteiger partial charge on any atom is -0.355 e. The number of hydrogen-bond acceptors (Lipinski definition) is 5. The second kappa shape index (κ2) is 11.7. The molecule has 8 nitrogen and oxygen atoms in total. The molecule has 2 heterocycles. The Morgan fingerprint density at radius 1 is 1.24 bits per heavy atom. The van der Waals surface area contributed by atoms with Gasteiger partial charge in [0.25, 0.3) is 5.91 Å². The molecule has 162 valence electrons. The lowest BCUT2D eigenvalue weighted by molar-refractivity contribution is -0.134. The number of likely N-dealkylation sites (tertiary alicyclic amines) is 1. The predicted octanol–water partition coefficient (Wildman–Crippen LogP) is 1.76. The van der Waals surface area contributed by atoms with Gasteiger partial charge in [-0.2, -0.15) is 0 Å². The van der Waals surface area contributed by atoms with Gasteiger partial charge in [0.1, 0.15) is 4.88 Å². The van der Waals surface area contributed by atoms with Crippen LogP contribution >= 0.6 is 35.3 Å². The van der Waals surface area contributed by atoms with Crippen LogP contribution in [0.1, 0.15) is 47.5 Å². The Bertz CT molecular complexity index is 719. The van der Waals surface area contributed by atoms with Gasteiger partial charge in [-0.15, -0.1) is 35.3 Å². The third kappa shape index (κ3) is 6.53. The molecule has 1 aromatic heterocycles. The summed E-state index contributed by atoms with van der Waals surface area (Å²) in [5.41, 5.74) is 2.43. The molecule has 3 rings (SSSR count). The predicted molar refractivity (Wildman–Crippen MR) is 126 cm³/mol. The van der Waals surface area contributed by atoms with Crippen LogP contribution in [0, 0.1) is 12.8 Å². The first-order valence-corrected chi connectivity index (χ1v) is 10.9. The highest BCUT2D eigenvalue weighted by atomic mass is 127. The fourth-order valence-electron chi connectivity index (χ4n) is 3.85. The lowest BCUT2D eigenvalue weighted by Crippen LogP contribution is -2.47. The number of nitrogens with zero attached hydrogens (tertiary/aromatic N) is 3. The summed E-state index contributed by atoms with van der Waals surface area (Å²) in [6, 6.07) is 0.214. The smallest absolute Gasteiger partial charge is 0.263 e. The zero-order valence-electron chi connectivity index (χ0n) is 17.1. The highest BCUT2D eigenvalue weighted by Crippen LogP contribution is 2.27. The average Bonchev–Trinajstić information content (AvgIpc) is 3.45. The molecule has 1 aliphatic heterocycles. The molecule has 2 aliphatic rings. The number of hydrogen-bond donors (Lipinski definition) is 3. The number of nitrogens with one attached hydrogen (secondary N) is 3. The molecule has 1 unspecified atom stereocenters. The van der Waals surface area contributed by atoms with Crippen LogP contribution in [0.2, 0.25) is 0 Å². The SMILES string of the molecule is CN=C(NCCNC(=O)c1scnc1C)NC1CCN(C(=O)C2CCCC2)C1.I. The van der Waals surface area contributed by atoms with Crippen molar-refractivity contribution in [2.45, 2.75) is 45.1 Å². The number of carbonyl (C=O) groups is 2. The minimum atomic E-state index is -0.0957. The molecule has 29 heavy (non-hydrogen) atoms. The molecule has 0 aromatic carbocycles. The Hall–Kier alpha value is -1.43.